The molecule has 1 saturated heterocycles. The molecule has 0 radical (unpaired) electrons. The molecule has 0 unspecified atom stereocenters. The number of aliphatic hydroxyl groups is 3. The first-order valence-electron chi connectivity index (χ1n) is 14.1. The number of rotatable bonds is 5. The smallest absolute Gasteiger partial charge is 0.336 e. The second-order valence-electron chi connectivity index (χ2n) is 13.1. The van der Waals surface area contributed by atoms with Crippen LogP contribution in [-0.2, 0) is 23.8 Å². The Morgan fingerprint density at radius 1 is 1.14 bits per heavy atom. The molecule has 6 aliphatic rings. The summed E-state index contributed by atoms with van der Waals surface area (Å²) in [7, 11) is 1.52. The number of carbonyl (C=O) groups excluding carboxylic acids is 2. The van der Waals surface area contributed by atoms with Crippen molar-refractivity contribution >= 4 is 11.8 Å². The molecule has 12 atom stereocenters. The lowest BCUT2D eigenvalue weighted by molar-refractivity contribution is -0.195. The van der Waals surface area contributed by atoms with E-state index in [4.69, 9.17) is 14.2 Å². The van der Waals surface area contributed by atoms with Crippen molar-refractivity contribution in [3.05, 3.63) is 11.1 Å². The van der Waals surface area contributed by atoms with Crippen molar-refractivity contribution in [1.82, 2.24) is 0 Å². The average molecular weight is 519 g/mol. The van der Waals surface area contributed by atoms with Crippen LogP contribution in [0.15, 0.2) is 11.1 Å². The van der Waals surface area contributed by atoms with Crippen LogP contribution in [0.2, 0.25) is 0 Å². The van der Waals surface area contributed by atoms with Gasteiger partial charge in [0.05, 0.1) is 36.4 Å². The molecule has 2 heterocycles. The molecule has 6 rings (SSSR count). The topological polar surface area (TPSA) is 126 Å². The van der Waals surface area contributed by atoms with E-state index in [9.17, 15) is 24.9 Å². The fourth-order valence-corrected chi connectivity index (χ4v) is 10.3. The molecule has 4 aliphatic carbocycles. The van der Waals surface area contributed by atoms with Crippen molar-refractivity contribution in [2.75, 3.05) is 20.3 Å². The lowest BCUT2D eigenvalue weighted by Gasteiger charge is -2.60. The van der Waals surface area contributed by atoms with Crippen molar-refractivity contribution < 1.29 is 39.1 Å². The largest absolute Gasteiger partial charge is 0.458 e. The standard InChI is InChI=1S/C29H42O8/c1-14-9-21(36-26(34)17(14)12-30)15(2)18-5-6-19-16-10-24-29(37-24)25(33)22(35-4)11-23(32)28(29,13-31)20(16)7-8-27(18,19)3/h15-16,18-22,24-25,30-31,33H,5-13H2,1-4H3/t15-,16-,18+,19-,20-,21+,22-,24+,25-,27+,28-,29-/m0/s1. The summed E-state index contributed by atoms with van der Waals surface area (Å²) < 4.78 is 17.6. The molecule has 4 saturated carbocycles. The molecule has 0 aromatic carbocycles. The highest BCUT2D eigenvalue weighted by Crippen LogP contribution is 2.73. The summed E-state index contributed by atoms with van der Waals surface area (Å²) in [5.74, 6) is 0.753. The van der Waals surface area contributed by atoms with Gasteiger partial charge < -0.3 is 29.5 Å². The number of hydrogen-bond donors (Lipinski definition) is 3. The molecular formula is C29H42O8. The van der Waals surface area contributed by atoms with E-state index in [1.807, 2.05) is 6.92 Å². The number of hydrogen-bond acceptors (Lipinski definition) is 8. The fraction of sp³-hybridized carbons (Fsp3) is 0.862. The lowest BCUT2D eigenvalue weighted by atomic mass is 9.43. The van der Waals surface area contributed by atoms with Crippen molar-refractivity contribution in [3.63, 3.8) is 0 Å². The van der Waals surface area contributed by atoms with Crippen LogP contribution in [0, 0.1) is 40.4 Å². The molecule has 5 fully saturated rings. The molecule has 2 aliphatic heterocycles. The van der Waals surface area contributed by atoms with Crippen LogP contribution >= 0.6 is 0 Å². The minimum Gasteiger partial charge on any atom is -0.458 e. The molecule has 0 aromatic heterocycles. The number of ketones is 1. The first kappa shape index (κ1) is 25.9. The molecule has 206 valence electrons. The zero-order chi connectivity index (χ0) is 26.5. The Balaban J connectivity index is 1.28. The van der Waals surface area contributed by atoms with E-state index in [2.05, 4.69) is 13.8 Å². The van der Waals surface area contributed by atoms with Crippen LogP contribution in [0.4, 0.5) is 0 Å². The molecule has 37 heavy (non-hydrogen) atoms. The minimum atomic E-state index is -1.07. The van der Waals surface area contributed by atoms with E-state index in [0.717, 1.165) is 37.7 Å². The van der Waals surface area contributed by atoms with Gasteiger partial charge in [0.15, 0.2) is 0 Å². The van der Waals surface area contributed by atoms with E-state index in [1.165, 1.54) is 7.11 Å². The van der Waals surface area contributed by atoms with Gasteiger partial charge in [-0.15, -0.1) is 0 Å². The van der Waals surface area contributed by atoms with Crippen LogP contribution in [0.5, 0.6) is 0 Å². The zero-order valence-corrected chi connectivity index (χ0v) is 22.4. The number of methoxy groups -OCH3 is 1. The van der Waals surface area contributed by atoms with Crippen LogP contribution in [-0.4, -0.2) is 77.4 Å². The fourth-order valence-electron chi connectivity index (χ4n) is 10.3. The molecule has 0 aromatic rings. The molecule has 3 N–H and O–H groups in total. The summed E-state index contributed by atoms with van der Waals surface area (Å²) in [6.07, 6.45) is 3.45. The summed E-state index contributed by atoms with van der Waals surface area (Å²) in [6, 6.07) is 0. The maximum atomic E-state index is 13.7. The van der Waals surface area contributed by atoms with E-state index in [-0.39, 0.29) is 60.8 Å². The molecule has 8 nitrogen and oxygen atoms in total. The maximum absolute atomic E-state index is 13.7. The number of fused-ring (bicyclic) bond motifs is 4. The van der Waals surface area contributed by atoms with Gasteiger partial charge in [0.1, 0.15) is 23.6 Å². The molecule has 8 heteroatoms. The van der Waals surface area contributed by atoms with Gasteiger partial charge in [-0.25, -0.2) is 4.79 Å². The number of esters is 1. The maximum Gasteiger partial charge on any atom is 0.336 e. The Bertz CT molecular complexity index is 1020. The Kier molecular flexibility index (Phi) is 6.02. The predicted molar refractivity (Wildman–Crippen MR) is 132 cm³/mol. The number of aliphatic hydroxyl groups excluding tert-OH is 3. The van der Waals surface area contributed by atoms with E-state index in [0.29, 0.717) is 23.8 Å². The summed E-state index contributed by atoms with van der Waals surface area (Å²) in [5, 5.41) is 31.7. The third-order valence-electron chi connectivity index (χ3n) is 12.2. The zero-order valence-electron chi connectivity index (χ0n) is 22.4. The number of cyclic esters (lactones) is 1. The number of ether oxygens (including phenoxy) is 3. The van der Waals surface area contributed by atoms with E-state index in [1.54, 1.807) is 0 Å². The Labute approximate surface area is 218 Å². The molecule has 0 amide bonds. The highest BCUT2D eigenvalue weighted by Gasteiger charge is 2.83. The van der Waals surface area contributed by atoms with Crippen LogP contribution in [0.1, 0.15) is 65.7 Å². The summed E-state index contributed by atoms with van der Waals surface area (Å²) in [5.41, 5.74) is -0.746. The third kappa shape index (κ3) is 3.14. The van der Waals surface area contributed by atoms with Crippen molar-refractivity contribution in [1.29, 1.82) is 0 Å². The third-order valence-corrected chi connectivity index (χ3v) is 12.2. The molecule has 0 bridgehead atoms. The summed E-state index contributed by atoms with van der Waals surface area (Å²) in [4.78, 5) is 26.3. The van der Waals surface area contributed by atoms with Crippen LogP contribution in [0.3, 0.4) is 0 Å². The quantitative estimate of drug-likeness (QED) is 0.374. The Hall–Kier alpha value is -1.32. The highest BCUT2D eigenvalue weighted by molar-refractivity contribution is 5.91. The minimum absolute atomic E-state index is 0.0202. The lowest BCUT2D eigenvalue weighted by Crippen LogP contribution is -2.70. The predicted octanol–water partition coefficient (Wildman–Crippen LogP) is 2.17. The number of Topliss-reactive ketones (excluding diaryl/α,β-unsaturated/α-hetero) is 1. The van der Waals surface area contributed by atoms with E-state index >= 15 is 0 Å². The van der Waals surface area contributed by atoms with Gasteiger partial charge in [-0.3, -0.25) is 4.79 Å². The van der Waals surface area contributed by atoms with Gasteiger partial charge in [0.25, 0.3) is 0 Å². The first-order valence-corrected chi connectivity index (χ1v) is 14.1. The van der Waals surface area contributed by atoms with Gasteiger partial charge in [-0.05, 0) is 74.0 Å². The van der Waals surface area contributed by atoms with Gasteiger partial charge in [-0.1, -0.05) is 19.4 Å². The SMILES string of the molecule is CO[C@H]1CC(=O)[C@]2(CO)[C@H]3CC[C@]4(C)[C@@H]([C@H](C)[C@H]5CC(C)=C(CO)C(=O)O5)CC[C@H]4[C@@H]3C[C@H]3O[C@]32[C@H]1O. The number of epoxide rings is 1. The van der Waals surface area contributed by atoms with Crippen molar-refractivity contribution in [3.8, 4) is 0 Å². The van der Waals surface area contributed by atoms with Gasteiger partial charge in [0.2, 0.25) is 0 Å². The van der Waals surface area contributed by atoms with Crippen LogP contribution in [0.25, 0.3) is 0 Å². The second-order valence-corrected chi connectivity index (χ2v) is 13.1. The normalized spacial score (nSPS) is 51.5. The highest BCUT2D eigenvalue weighted by atomic mass is 16.6. The van der Waals surface area contributed by atoms with Gasteiger partial charge in [0, 0.05) is 20.0 Å². The average Bonchev–Trinajstić information content (AvgIpc) is 3.50. The summed E-state index contributed by atoms with van der Waals surface area (Å²) >= 11 is 0. The Morgan fingerprint density at radius 2 is 1.89 bits per heavy atom. The second kappa shape index (κ2) is 8.59. The number of carbonyl (C=O) groups is 2. The van der Waals surface area contributed by atoms with Gasteiger partial charge in [-0.2, -0.15) is 0 Å². The van der Waals surface area contributed by atoms with Crippen molar-refractivity contribution in [2.45, 2.75) is 95.7 Å². The molecule has 1 spiro atoms. The van der Waals surface area contributed by atoms with Gasteiger partial charge >= 0.3 is 5.97 Å². The van der Waals surface area contributed by atoms with Crippen molar-refractivity contribution in [2.24, 2.45) is 40.4 Å². The summed E-state index contributed by atoms with van der Waals surface area (Å²) in [6.45, 7) is 5.92. The Morgan fingerprint density at radius 3 is 2.54 bits per heavy atom. The first-order chi connectivity index (χ1) is 17.6. The molecular weight excluding hydrogens is 476 g/mol. The van der Waals surface area contributed by atoms with Crippen LogP contribution < -0.4 is 0 Å². The van der Waals surface area contributed by atoms with E-state index < -0.39 is 29.2 Å². The monoisotopic (exact) mass is 518 g/mol.